The molecule has 1 N–H and O–H groups in total. The third-order valence-electron chi connectivity index (χ3n) is 3.80. The van der Waals surface area contributed by atoms with Crippen molar-refractivity contribution in [2.24, 2.45) is 0 Å². The molecule has 0 radical (unpaired) electrons. The van der Waals surface area contributed by atoms with Crippen molar-refractivity contribution in [2.75, 3.05) is 11.6 Å². The number of amides is 1. The van der Waals surface area contributed by atoms with Crippen LogP contribution in [0.1, 0.15) is 18.1 Å². The Morgan fingerprint density at radius 2 is 2.17 bits per heavy atom. The lowest BCUT2D eigenvalue weighted by molar-refractivity contribution is -0.135. The number of hydrogen-bond acceptors (Lipinski definition) is 3. The van der Waals surface area contributed by atoms with Gasteiger partial charge in [-0.3, -0.25) is 10.1 Å². The fourth-order valence-corrected chi connectivity index (χ4v) is 3.66. The molecule has 0 spiro atoms. The van der Waals surface area contributed by atoms with E-state index in [4.69, 9.17) is 0 Å². The van der Waals surface area contributed by atoms with Crippen LogP contribution in [0.4, 0.5) is 0 Å². The molecule has 3 rings (SSSR count). The van der Waals surface area contributed by atoms with Crippen molar-refractivity contribution in [3.05, 3.63) is 35.4 Å². The van der Waals surface area contributed by atoms with E-state index in [1.54, 1.807) is 11.8 Å². The minimum Gasteiger partial charge on any atom is -0.334 e. The summed E-state index contributed by atoms with van der Waals surface area (Å²) in [4.78, 5) is 14.5. The highest BCUT2D eigenvalue weighted by Gasteiger charge is 2.32. The van der Waals surface area contributed by atoms with Crippen molar-refractivity contribution in [1.82, 2.24) is 10.2 Å². The normalized spacial score (nSPS) is 27.1. The topological polar surface area (TPSA) is 32.3 Å². The van der Waals surface area contributed by atoms with Crippen molar-refractivity contribution >= 4 is 17.7 Å². The SMILES string of the molecule is CC1Cc2ccccc2CN1C(=O)C1CSCN1. The van der Waals surface area contributed by atoms with E-state index in [0.717, 1.165) is 24.6 Å². The van der Waals surface area contributed by atoms with E-state index in [2.05, 4.69) is 36.5 Å². The largest absolute Gasteiger partial charge is 0.334 e. The molecule has 2 unspecified atom stereocenters. The van der Waals surface area contributed by atoms with Crippen LogP contribution in [0, 0.1) is 0 Å². The highest BCUT2D eigenvalue weighted by atomic mass is 32.2. The van der Waals surface area contributed by atoms with Crippen LogP contribution in [0.3, 0.4) is 0 Å². The third kappa shape index (κ3) is 2.15. The molecular formula is C14H18N2OS. The van der Waals surface area contributed by atoms with E-state index in [0.29, 0.717) is 6.04 Å². The maximum atomic E-state index is 12.5. The molecule has 2 aliphatic rings. The zero-order chi connectivity index (χ0) is 12.5. The number of carbonyl (C=O) groups is 1. The summed E-state index contributed by atoms with van der Waals surface area (Å²) >= 11 is 1.80. The van der Waals surface area contributed by atoms with E-state index in [-0.39, 0.29) is 11.9 Å². The number of carbonyl (C=O) groups excluding carboxylic acids is 1. The Morgan fingerprint density at radius 3 is 2.89 bits per heavy atom. The van der Waals surface area contributed by atoms with Gasteiger partial charge < -0.3 is 4.90 Å². The summed E-state index contributed by atoms with van der Waals surface area (Å²) < 4.78 is 0. The first kappa shape index (κ1) is 12.1. The third-order valence-corrected chi connectivity index (χ3v) is 4.74. The van der Waals surface area contributed by atoms with E-state index >= 15 is 0 Å². The van der Waals surface area contributed by atoms with Crippen molar-refractivity contribution in [3.63, 3.8) is 0 Å². The molecule has 2 atom stereocenters. The Kier molecular flexibility index (Phi) is 3.31. The van der Waals surface area contributed by atoms with Crippen LogP contribution in [-0.2, 0) is 17.8 Å². The minimum absolute atomic E-state index is 0.0164. The number of thioether (sulfide) groups is 1. The highest BCUT2D eigenvalue weighted by molar-refractivity contribution is 7.99. The quantitative estimate of drug-likeness (QED) is 0.835. The maximum absolute atomic E-state index is 12.5. The van der Waals surface area contributed by atoms with Crippen LogP contribution in [0.2, 0.25) is 0 Å². The molecule has 0 aromatic heterocycles. The lowest BCUT2D eigenvalue weighted by Gasteiger charge is -2.36. The second kappa shape index (κ2) is 4.94. The summed E-state index contributed by atoms with van der Waals surface area (Å²) in [5.41, 5.74) is 2.69. The summed E-state index contributed by atoms with van der Waals surface area (Å²) in [6.07, 6.45) is 0.974. The van der Waals surface area contributed by atoms with Crippen molar-refractivity contribution in [3.8, 4) is 0 Å². The Bertz CT molecular complexity index is 457. The maximum Gasteiger partial charge on any atom is 0.241 e. The summed E-state index contributed by atoms with van der Waals surface area (Å²) in [6, 6.07) is 8.78. The number of fused-ring (bicyclic) bond motifs is 1. The monoisotopic (exact) mass is 262 g/mol. The van der Waals surface area contributed by atoms with Gasteiger partial charge in [-0.05, 0) is 24.5 Å². The second-order valence-electron chi connectivity index (χ2n) is 5.06. The van der Waals surface area contributed by atoms with Gasteiger partial charge in [0.05, 0.1) is 6.04 Å². The molecule has 2 aliphatic heterocycles. The first-order valence-electron chi connectivity index (χ1n) is 6.44. The number of nitrogens with zero attached hydrogens (tertiary/aromatic N) is 1. The summed E-state index contributed by atoms with van der Waals surface area (Å²) in [5, 5.41) is 3.27. The molecule has 0 saturated carbocycles. The molecule has 0 aliphatic carbocycles. The first-order chi connectivity index (χ1) is 8.75. The van der Waals surface area contributed by atoms with Gasteiger partial charge in [-0.1, -0.05) is 24.3 Å². The van der Waals surface area contributed by atoms with Gasteiger partial charge >= 0.3 is 0 Å². The summed E-state index contributed by atoms with van der Waals surface area (Å²) in [6.45, 7) is 2.91. The Balaban J connectivity index is 1.79. The van der Waals surface area contributed by atoms with Gasteiger partial charge in [0.2, 0.25) is 5.91 Å². The molecule has 1 fully saturated rings. The highest BCUT2D eigenvalue weighted by Crippen LogP contribution is 2.24. The molecule has 2 heterocycles. The zero-order valence-electron chi connectivity index (χ0n) is 10.6. The molecule has 18 heavy (non-hydrogen) atoms. The van der Waals surface area contributed by atoms with Crippen LogP contribution in [0.5, 0.6) is 0 Å². The summed E-state index contributed by atoms with van der Waals surface area (Å²) in [5.74, 6) is 2.07. The average Bonchev–Trinajstić information content (AvgIpc) is 2.91. The van der Waals surface area contributed by atoms with Gasteiger partial charge in [0.1, 0.15) is 0 Å². The van der Waals surface area contributed by atoms with Crippen molar-refractivity contribution in [2.45, 2.75) is 32.0 Å². The zero-order valence-corrected chi connectivity index (χ0v) is 11.4. The van der Waals surface area contributed by atoms with Gasteiger partial charge in [0.15, 0.2) is 0 Å². The molecule has 96 valence electrons. The molecular weight excluding hydrogens is 244 g/mol. The molecule has 1 saturated heterocycles. The number of hydrogen-bond donors (Lipinski definition) is 1. The lowest BCUT2D eigenvalue weighted by atomic mass is 9.94. The average molecular weight is 262 g/mol. The molecule has 0 bridgehead atoms. The van der Waals surface area contributed by atoms with Gasteiger partial charge in [-0.15, -0.1) is 11.8 Å². The van der Waals surface area contributed by atoms with Crippen LogP contribution in [-0.4, -0.2) is 34.5 Å². The standard InChI is InChI=1S/C14H18N2OS/c1-10-6-11-4-2-3-5-12(11)7-16(10)14(17)13-8-18-9-15-13/h2-5,10,13,15H,6-9H2,1H3. The number of nitrogens with one attached hydrogen (secondary N) is 1. The van der Waals surface area contributed by atoms with Crippen molar-refractivity contribution in [1.29, 1.82) is 0 Å². The van der Waals surface area contributed by atoms with E-state index in [1.165, 1.54) is 11.1 Å². The van der Waals surface area contributed by atoms with Gasteiger partial charge in [-0.25, -0.2) is 0 Å². The van der Waals surface area contributed by atoms with Gasteiger partial charge in [0, 0.05) is 24.2 Å². The number of rotatable bonds is 1. The van der Waals surface area contributed by atoms with Gasteiger partial charge in [-0.2, -0.15) is 0 Å². The van der Waals surface area contributed by atoms with Crippen molar-refractivity contribution < 1.29 is 4.79 Å². The minimum atomic E-state index is 0.0164. The Labute approximate surface area is 112 Å². The fourth-order valence-electron chi connectivity index (χ4n) is 2.73. The molecule has 1 aromatic carbocycles. The van der Waals surface area contributed by atoms with Crippen LogP contribution >= 0.6 is 11.8 Å². The van der Waals surface area contributed by atoms with Gasteiger partial charge in [0.25, 0.3) is 0 Å². The Hall–Kier alpha value is -1.000. The van der Waals surface area contributed by atoms with E-state index < -0.39 is 0 Å². The second-order valence-corrected chi connectivity index (χ2v) is 6.09. The number of benzene rings is 1. The van der Waals surface area contributed by atoms with E-state index in [1.807, 2.05) is 4.90 Å². The van der Waals surface area contributed by atoms with Crippen LogP contribution in [0.25, 0.3) is 0 Å². The molecule has 1 aromatic rings. The smallest absolute Gasteiger partial charge is 0.241 e. The van der Waals surface area contributed by atoms with Crippen LogP contribution in [0.15, 0.2) is 24.3 Å². The Morgan fingerprint density at radius 1 is 1.39 bits per heavy atom. The summed E-state index contributed by atoms with van der Waals surface area (Å²) in [7, 11) is 0. The molecule has 4 heteroatoms. The predicted molar refractivity (Wildman–Crippen MR) is 74.4 cm³/mol. The lowest BCUT2D eigenvalue weighted by Crippen LogP contribution is -2.50. The molecule has 1 amide bonds. The van der Waals surface area contributed by atoms with E-state index in [9.17, 15) is 4.79 Å². The molecule has 3 nitrogen and oxygen atoms in total. The first-order valence-corrected chi connectivity index (χ1v) is 7.59. The predicted octanol–water partition coefficient (Wildman–Crippen LogP) is 1.62. The fraction of sp³-hybridized carbons (Fsp3) is 0.500. The van der Waals surface area contributed by atoms with Crippen LogP contribution < -0.4 is 5.32 Å².